The molecule has 0 aliphatic rings. The van der Waals surface area contributed by atoms with Crippen molar-refractivity contribution in [3.8, 4) is 17.2 Å². The minimum atomic E-state index is -0.401. The normalized spacial score (nSPS) is 10.2. The van der Waals surface area contributed by atoms with Crippen LogP contribution in [0.3, 0.4) is 0 Å². The number of hydrogen-bond donors (Lipinski definition) is 0. The lowest BCUT2D eigenvalue weighted by molar-refractivity contribution is 0.0734. The quantitative estimate of drug-likeness (QED) is 0.420. The molecule has 0 heterocycles. The van der Waals surface area contributed by atoms with Crippen LogP contribution in [0.2, 0.25) is 6.55 Å². The van der Waals surface area contributed by atoms with E-state index in [1.54, 1.807) is 55.6 Å². The monoisotopic (exact) mass is 378 g/mol. The van der Waals surface area contributed by atoms with Gasteiger partial charge in [-0.3, -0.25) is 0 Å². The molecule has 2 aromatic carbocycles. The van der Waals surface area contributed by atoms with Crippen molar-refractivity contribution in [1.29, 1.82) is 0 Å². The Morgan fingerprint density at radius 2 is 1.52 bits per heavy atom. The van der Waals surface area contributed by atoms with Gasteiger partial charge in [-0.05, 0) is 55.0 Å². The summed E-state index contributed by atoms with van der Waals surface area (Å²) >= 11 is 0. The largest absolute Gasteiger partial charge is 0.497 e. The predicted molar refractivity (Wildman–Crippen MR) is 106 cm³/mol. The summed E-state index contributed by atoms with van der Waals surface area (Å²) in [5, 5.41) is 0. The molecular weight excluding hydrogens is 352 g/mol. The van der Waals surface area contributed by atoms with Crippen molar-refractivity contribution in [2.75, 3.05) is 13.7 Å². The van der Waals surface area contributed by atoms with Gasteiger partial charge in [0.15, 0.2) is 0 Å². The van der Waals surface area contributed by atoms with E-state index in [0.29, 0.717) is 23.7 Å². The second-order valence-corrected chi connectivity index (χ2v) is 7.90. The third-order valence-electron chi connectivity index (χ3n) is 3.12. The van der Waals surface area contributed by atoms with Gasteiger partial charge in [0.2, 0.25) is 0 Å². The highest BCUT2D eigenvalue weighted by atomic mass is 28.3. The van der Waals surface area contributed by atoms with Crippen LogP contribution in [0, 0.1) is 0 Å². The zero-order chi connectivity index (χ0) is 18.5. The van der Waals surface area contributed by atoms with Crippen molar-refractivity contribution in [1.82, 2.24) is 0 Å². The molecule has 0 aliphatic carbocycles. The predicted octanol–water partition coefficient (Wildman–Crippen LogP) is 2.12. The maximum Gasteiger partial charge on any atom is 0.343 e. The summed E-state index contributed by atoms with van der Waals surface area (Å²) in [5.74, 6) is 1.54. The lowest BCUT2D eigenvalue weighted by Gasteiger charge is -2.07. The molecule has 0 unspecified atom stereocenters. The Balaban J connectivity index is 0.000000705. The molecule has 0 bridgehead atoms. The number of ether oxygens (including phenoxy) is 3. The summed E-state index contributed by atoms with van der Waals surface area (Å²) in [6.07, 6.45) is 0.946. The lowest BCUT2D eigenvalue weighted by atomic mass is 10.2. The molecule has 0 N–H and O–H groups in total. The molecule has 0 saturated heterocycles. The molecule has 2 aromatic rings. The van der Waals surface area contributed by atoms with E-state index in [-0.39, 0.29) is 9.76 Å². The Kier molecular flexibility index (Phi) is 10.3. The summed E-state index contributed by atoms with van der Waals surface area (Å²) in [6, 6.07) is 13.8. The Bertz CT molecular complexity index is 612. The summed E-state index contributed by atoms with van der Waals surface area (Å²) < 4.78 is 20.6. The zero-order valence-corrected chi connectivity index (χ0v) is 18.7. The van der Waals surface area contributed by atoms with Crippen molar-refractivity contribution >= 4 is 26.2 Å². The minimum Gasteiger partial charge on any atom is -0.497 e. The first-order chi connectivity index (χ1) is 12.1. The Hall–Kier alpha value is -2.10. The van der Waals surface area contributed by atoms with Gasteiger partial charge < -0.3 is 18.3 Å². The first-order valence-corrected chi connectivity index (χ1v) is 11.0. The van der Waals surface area contributed by atoms with Crippen LogP contribution < -0.4 is 14.2 Å². The second-order valence-electron chi connectivity index (χ2n) is 5.02. The summed E-state index contributed by atoms with van der Waals surface area (Å²) in [5.41, 5.74) is 0.481. The van der Waals surface area contributed by atoms with Crippen LogP contribution in [0.4, 0.5) is 0 Å². The lowest BCUT2D eigenvalue weighted by Crippen LogP contribution is -2.08. The van der Waals surface area contributed by atoms with Crippen LogP contribution in [0.25, 0.3) is 0 Å². The maximum atomic E-state index is 12.0. The van der Waals surface area contributed by atoms with Crippen molar-refractivity contribution in [2.24, 2.45) is 0 Å². The first-order valence-electron chi connectivity index (χ1n) is 8.22. The van der Waals surface area contributed by atoms with Gasteiger partial charge in [-0.1, -0.05) is 13.5 Å². The van der Waals surface area contributed by atoms with Crippen LogP contribution in [0.15, 0.2) is 48.5 Å². The topological polar surface area (TPSA) is 54.0 Å². The van der Waals surface area contributed by atoms with E-state index >= 15 is 0 Å². The number of hydrogen-bond acceptors (Lipinski definition) is 5. The third-order valence-corrected chi connectivity index (χ3v) is 5.43. The highest BCUT2D eigenvalue weighted by Gasteiger charge is 2.08. The maximum absolute atomic E-state index is 12.0. The number of rotatable bonds is 7. The number of esters is 1. The Morgan fingerprint density at radius 3 is 2.00 bits per heavy atom. The molecule has 7 heteroatoms. The van der Waals surface area contributed by atoms with Gasteiger partial charge in [-0.2, -0.15) is 0 Å². The van der Waals surface area contributed by atoms with Crippen molar-refractivity contribution in [3.05, 3.63) is 54.1 Å². The van der Waals surface area contributed by atoms with Crippen molar-refractivity contribution in [3.63, 3.8) is 0 Å². The van der Waals surface area contributed by atoms with Gasteiger partial charge in [0.1, 0.15) is 37.5 Å². The Labute approximate surface area is 154 Å². The van der Waals surface area contributed by atoms with Crippen molar-refractivity contribution in [2.45, 2.75) is 19.9 Å². The zero-order valence-electron chi connectivity index (χ0n) is 15.3. The number of carbonyl (C=O) groups excluding carboxylic acids is 1. The molecule has 0 amide bonds. The van der Waals surface area contributed by atoms with Gasteiger partial charge >= 0.3 is 5.97 Å². The van der Waals surface area contributed by atoms with Crippen LogP contribution >= 0.6 is 0 Å². The van der Waals surface area contributed by atoms with Gasteiger partial charge in [0.25, 0.3) is 0 Å². The van der Waals surface area contributed by atoms with E-state index in [1.165, 1.54) is 0 Å². The summed E-state index contributed by atoms with van der Waals surface area (Å²) in [6.45, 7) is 4.84. The second kappa shape index (κ2) is 12.3. The molecule has 2 rings (SSSR count). The third kappa shape index (κ3) is 8.01. The number of carbonyl (C=O) groups is 1. The fourth-order valence-corrected chi connectivity index (χ4v) is 1.72. The molecule has 0 fully saturated rings. The highest BCUT2D eigenvalue weighted by molar-refractivity contribution is 6.32. The van der Waals surface area contributed by atoms with Crippen LogP contribution in [-0.2, 0) is 4.12 Å². The van der Waals surface area contributed by atoms with Gasteiger partial charge in [0, 0.05) is 0 Å². The molecule has 0 saturated carbocycles. The van der Waals surface area contributed by atoms with E-state index in [1.807, 2.05) is 6.92 Å². The standard InChI is InChI=1S/C17H18O4.CH8OSi2/c1-3-12-20-15-6-4-13(5-7-15)17(18)21-16-10-8-14(19-2)9-11-16;1-4-2-3/h4-11H,3,12H2,1-2H3;4H2,1,3H3. The molecule has 0 aromatic heterocycles. The van der Waals surface area contributed by atoms with E-state index in [0.717, 1.165) is 22.7 Å². The minimum absolute atomic E-state index is 0.0139. The van der Waals surface area contributed by atoms with E-state index in [2.05, 4.69) is 6.55 Å². The van der Waals surface area contributed by atoms with Gasteiger partial charge in [-0.25, -0.2) is 4.79 Å². The fraction of sp³-hybridized carbons (Fsp3) is 0.278. The summed E-state index contributed by atoms with van der Waals surface area (Å²) in [7, 11) is 2.52. The van der Waals surface area contributed by atoms with E-state index in [9.17, 15) is 4.79 Å². The molecule has 5 nitrogen and oxygen atoms in total. The molecule has 136 valence electrons. The average molecular weight is 379 g/mol. The highest BCUT2D eigenvalue weighted by Crippen LogP contribution is 2.19. The first kappa shape index (κ1) is 20.9. The van der Waals surface area contributed by atoms with Crippen LogP contribution in [-0.4, -0.2) is 39.9 Å². The van der Waals surface area contributed by atoms with Gasteiger partial charge in [0.05, 0.1) is 19.3 Å². The van der Waals surface area contributed by atoms with Crippen LogP contribution in [0.1, 0.15) is 23.7 Å². The molecule has 0 aliphatic heterocycles. The molecule has 0 radical (unpaired) electrons. The fourth-order valence-electron chi connectivity index (χ4n) is 1.72. The van der Waals surface area contributed by atoms with Gasteiger partial charge in [-0.15, -0.1) is 0 Å². The molecular formula is C18H26O5Si2. The summed E-state index contributed by atoms with van der Waals surface area (Å²) in [4.78, 5) is 12.0. The van der Waals surface area contributed by atoms with E-state index < -0.39 is 5.97 Å². The molecule has 0 atom stereocenters. The smallest absolute Gasteiger partial charge is 0.343 e. The number of benzene rings is 2. The number of methoxy groups -OCH3 is 1. The SMILES string of the molecule is CCCOc1ccc(C(=O)Oc2ccc(OC)cc2)cc1.C[SiH2]O[SiH3]. The Morgan fingerprint density at radius 1 is 1.00 bits per heavy atom. The molecule has 0 spiro atoms. The van der Waals surface area contributed by atoms with Crippen molar-refractivity contribution < 1.29 is 23.1 Å². The van der Waals surface area contributed by atoms with Crippen LogP contribution in [0.5, 0.6) is 17.2 Å². The molecule has 25 heavy (non-hydrogen) atoms. The average Bonchev–Trinajstić information content (AvgIpc) is 2.67. The van der Waals surface area contributed by atoms with E-state index in [4.69, 9.17) is 18.3 Å².